The number of carboxylic acids is 1. The smallest absolute Gasteiger partial charge is 0.475 e. The van der Waals surface area contributed by atoms with Crippen LogP contribution in [0.5, 0.6) is 0 Å². The summed E-state index contributed by atoms with van der Waals surface area (Å²) in [7, 11) is 1.86. The summed E-state index contributed by atoms with van der Waals surface area (Å²) in [4.78, 5) is 34.1. The summed E-state index contributed by atoms with van der Waals surface area (Å²) in [6, 6.07) is 5.84. The van der Waals surface area contributed by atoms with E-state index in [2.05, 4.69) is 20.4 Å². The summed E-state index contributed by atoms with van der Waals surface area (Å²) in [6.07, 6.45) is 2.02. The van der Waals surface area contributed by atoms with Gasteiger partial charge in [-0.15, -0.1) is 0 Å². The minimum absolute atomic E-state index is 0.0897. The Bertz CT molecular complexity index is 1470. The Hall–Kier alpha value is -3.71. The first-order chi connectivity index (χ1) is 17.4. The number of rotatable bonds is 3. The van der Waals surface area contributed by atoms with Crippen molar-refractivity contribution >= 4 is 45.5 Å². The van der Waals surface area contributed by atoms with E-state index in [1.165, 1.54) is 0 Å². The molecule has 5 N–H and O–H groups in total. The van der Waals surface area contributed by atoms with E-state index in [4.69, 9.17) is 32.2 Å². The van der Waals surface area contributed by atoms with Crippen LogP contribution in [0.1, 0.15) is 36.0 Å². The van der Waals surface area contributed by atoms with Crippen molar-refractivity contribution in [3.8, 4) is 11.4 Å². The van der Waals surface area contributed by atoms with Crippen LogP contribution in [0.2, 0.25) is 5.02 Å². The molecule has 3 aromatic heterocycles. The molecule has 1 aromatic carbocycles. The van der Waals surface area contributed by atoms with E-state index in [-0.39, 0.29) is 18.0 Å². The number of amides is 1. The van der Waals surface area contributed by atoms with Crippen molar-refractivity contribution in [2.24, 2.45) is 12.8 Å². The lowest BCUT2D eigenvalue weighted by Gasteiger charge is -2.27. The van der Waals surface area contributed by atoms with E-state index in [1.807, 2.05) is 25.2 Å². The third-order valence-corrected chi connectivity index (χ3v) is 6.21. The normalized spacial score (nSPS) is 17.9. The molecule has 2 unspecified atom stereocenters. The predicted molar refractivity (Wildman–Crippen MR) is 130 cm³/mol. The van der Waals surface area contributed by atoms with Gasteiger partial charge in [-0.25, -0.2) is 14.8 Å². The number of aromatic nitrogens is 5. The summed E-state index contributed by atoms with van der Waals surface area (Å²) < 4.78 is 33.5. The van der Waals surface area contributed by atoms with Gasteiger partial charge in [-0.2, -0.15) is 18.3 Å². The fourth-order valence-electron chi connectivity index (χ4n) is 4.22. The maximum absolute atomic E-state index is 12.9. The van der Waals surface area contributed by atoms with Crippen molar-refractivity contribution < 1.29 is 27.9 Å². The number of carboxylic acid groups (broad SMARTS) is 1. The molecule has 1 saturated carbocycles. The predicted octanol–water partition coefficient (Wildman–Crippen LogP) is 3.80. The highest BCUT2D eigenvalue weighted by atomic mass is 35.5. The first-order valence-corrected chi connectivity index (χ1v) is 11.6. The number of halogens is 4. The molecule has 1 aliphatic carbocycles. The molecule has 2 atom stereocenters. The number of hydrogen-bond acceptors (Lipinski definition) is 6. The zero-order valence-corrected chi connectivity index (χ0v) is 20.3. The third-order valence-electron chi connectivity index (χ3n) is 5.97. The molecule has 4 aromatic rings. The number of aryl methyl sites for hydroxylation is 1. The van der Waals surface area contributed by atoms with Crippen LogP contribution in [0.15, 0.2) is 30.6 Å². The monoisotopic (exact) mass is 537 g/mol. The second-order valence-corrected chi connectivity index (χ2v) is 9.12. The molecule has 1 fully saturated rings. The number of nitrogens with two attached hydrogens (primary N) is 1. The minimum atomic E-state index is -5.08. The molecule has 0 radical (unpaired) electrons. The Kier molecular flexibility index (Phi) is 7.37. The van der Waals surface area contributed by atoms with Crippen LogP contribution < -0.4 is 11.1 Å². The van der Waals surface area contributed by atoms with E-state index in [0.29, 0.717) is 33.1 Å². The van der Waals surface area contributed by atoms with Gasteiger partial charge >= 0.3 is 12.1 Å². The van der Waals surface area contributed by atoms with Gasteiger partial charge in [0, 0.05) is 35.7 Å². The molecule has 14 heteroatoms. The van der Waals surface area contributed by atoms with Gasteiger partial charge < -0.3 is 21.1 Å². The van der Waals surface area contributed by atoms with Crippen molar-refractivity contribution in [1.29, 1.82) is 0 Å². The number of aromatic amines is 1. The third kappa shape index (κ3) is 5.83. The van der Waals surface area contributed by atoms with Crippen LogP contribution in [0, 0.1) is 0 Å². The number of hydrogen-bond donors (Lipinski definition) is 4. The number of H-pyrrole nitrogens is 1. The fourth-order valence-corrected chi connectivity index (χ4v) is 4.39. The van der Waals surface area contributed by atoms with E-state index < -0.39 is 12.1 Å². The summed E-state index contributed by atoms with van der Waals surface area (Å²) in [5.41, 5.74) is 9.82. The molecular formula is C23H23ClF3N7O3. The number of nitrogens with one attached hydrogen (secondary N) is 2. The average molecular weight is 538 g/mol. The van der Waals surface area contributed by atoms with Crippen molar-refractivity contribution in [2.75, 3.05) is 0 Å². The largest absolute Gasteiger partial charge is 0.490 e. The molecule has 3 heterocycles. The quantitative estimate of drug-likeness (QED) is 0.310. The van der Waals surface area contributed by atoms with E-state index in [1.54, 1.807) is 17.1 Å². The maximum Gasteiger partial charge on any atom is 0.490 e. The zero-order chi connectivity index (χ0) is 26.9. The molecule has 0 aliphatic heterocycles. The first-order valence-electron chi connectivity index (χ1n) is 11.3. The molecule has 0 spiro atoms. The molecule has 196 valence electrons. The van der Waals surface area contributed by atoms with E-state index >= 15 is 0 Å². The molecule has 0 saturated heterocycles. The van der Waals surface area contributed by atoms with Crippen LogP contribution in [-0.4, -0.2) is 60.0 Å². The summed E-state index contributed by atoms with van der Waals surface area (Å²) in [5, 5.41) is 16.4. The molecular weight excluding hydrogens is 515 g/mol. The second kappa shape index (κ2) is 10.3. The Morgan fingerprint density at radius 2 is 2.03 bits per heavy atom. The summed E-state index contributed by atoms with van der Waals surface area (Å²) in [5.74, 6) is -2.92. The highest BCUT2D eigenvalue weighted by Gasteiger charge is 2.38. The number of alkyl halides is 3. The van der Waals surface area contributed by atoms with Crippen molar-refractivity contribution in [2.45, 2.75) is 43.9 Å². The number of carbonyl (C=O) groups excluding carboxylic acids is 1. The lowest BCUT2D eigenvalue weighted by Crippen LogP contribution is -2.42. The average Bonchev–Trinajstić information content (AvgIpc) is 3.39. The van der Waals surface area contributed by atoms with Crippen molar-refractivity contribution in [1.82, 2.24) is 30.0 Å². The van der Waals surface area contributed by atoms with Crippen molar-refractivity contribution in [3.05, 3.63) is 41.2 Å². The van der Waals surface area contributed by atoms with Crippen LogP contribution in [0.3, 0.4) is 0 Å². The van der Waals surface area contributed by atoms with Crippen LogP contribution in [0.25, 0.3) is 33.5 Å². The van der Waals surface area contributed by atoms with Crippen LogP contribution in [-0.2, 0) is 11.8 Å². The van der Waals surface area contributed by atoms with Gasteiger partial charge in [0.05, 0.1) is 17.3 Å². The topological polar surface area (TPSA) is 152 Å². The second-order valence-electron chi connectivity index (χ2n) is 8.69. The molecule has 5 rings (SSSR count). The zero-order valence-electron chi connectivity index (χ0n) is 19.5. The number of aliphatic carboxylic acids is 1. The van der Waals surface area contributed by atoms with Gasteiger partial charge in [0.15, 0.2) is 5.65 Å². The molecule has 37 heavy (non-hydrogen) atoms. The Balaban J connectivity index is 0.000000405. The standard InChI is InChI=1S/C21H22ClN7O.C2HF3O2/c1-29-17-7-11(22)5-6-14(17)18(28-29)16-10-25-20-19(27-16)15(9-24-20)21(30)26-13-4-2-3-12(23)8-13;3-2(4,5)1(6)7/h5-7,9-10,12-13H,2-4,8,23H2,1H3,(H,24,25)(H,26,30);(H,6,7). The Morgan fingerprint density at radius 1 is 1.30 bits per heavy atom. The summed E-state index contributed by atoms with van der Waals surface area (Å²) >= 11 is 6.13. The molecule has 10 nitrogen and oxygen atoms in total. The number of carbonyl (C=O) groups is 2. The van der Waals surface area contributed by atoms with Gasteiger partial charge in [0.2, 0.25) is 0 Å². The van der Waals surface area contributed by atoms with Crippen molar-refractivity contribution in [3.63, 3.8) is 0 Å². The van der Waals surface area contributed by atoms with Gasteiger partial charge in [0.1, 0.15) is 16.9 Å². The number of benzene rings is 1. The summed E-state index contributed by atoms with van der Waals surface area (Å²) in [6.45, 7) is 0. The molecule has 1 amide bonds. The lowest BCUT2D eigenvalue weighted by atomic mass is 9.91. The van der Waals surface area contributed by atoms with E-state index in [0.717, 1.165) is 36.6 Å². The number of nitrogens with zero attached hydrogens (tertiary/aromatic N) is 4. The van der Waals surface area contributed by atoms with E-state index in [9.17, 15) is 18.0 Å². The van der Waals surface area contributed by atoms with Gasteiger partial charge in [0.25, 0.3) is 5.91 Å². The van der Waals surface area contributed by atoms with Gasteiger partial charge in [-0.1, -0.05) is 11.6 Å². The molecule has 1 aliphatic rings. The maximum atomic E-state index is 12.9. The first kappa shape index (κ1) is 26.4. The lowest BCUT2D eigenvalue weighted by molar-refractivity contribution is -0.192. The van der Waals surface area contributed by atoms with Crippen LogP contribution in [0.4, 0.5) is 13.2 Å². The highest BCUT2D eigenvalue weighted by molar-refractivity contribution is 6.31. The SMILES string of the molecule is Cn1nc(-c2cnc3[nH]cc(C(=O)NC4CCCC(N)C4)c3n2)c2ccc(Cl)cc21.O=C(O)C(F)(F)F. The fraction of sp³-hybridized carbons (Fsp3) is 0.348. The van der Waals surface area contributed by atoms with Gasteiger partial charge in [-0.05, 0) is 43.9 Å². The minimum Gasteiger partial charge on any atom is -0.475 e. The van der Waals surface area contributed by atoms with Gasteiger partial charge in [-0.3, -0.25) is 9.48 Å². The molecule has 0 bridgehead atoms. The highest BCUT2D eigenvalue weighted by Crippen LogP contribution is 2.29. The van der Waals surface area contributed by atoms with Crippen LogP contribution >= 0.6 is 11.6 Å². The Morgan fingerprint density at radius 3 is 2.70 bits per heavy atom. The Labute approximate surface area is 213 Å². The number of fused-ring (bicyclic) bond motifs is 2.